The lowest BCUT2D eigenvalue weighted by molar-refractivity contribution is 0.0430. The Morgan fingerprint density at radius 3 is 2.75 bits per heavy atom. The van der Waals surface area contributed by atoms with Crippen LogP contribution in [0.25, 0.3) is 0 Å². The number of nitrogens with zero attached hydrogens (tertiary/aromatic N) is 3. The zero-order valence-corrected chi connectivity index (χ0v) is 14.1. The second-order valence-electron chi connectivity index (χ2n) is 6.40. The molecule has 0 aromatic carbocycles. The Labute approximate surface area is 142 Å². The van der Waals surface area contributed by atoms with Crippen molar-refractivity contribution in [2.75, 3.05) is 38.2 Å². The minimum atomic E-state index is -0.319. The lowest BCUT2D eigenvalue weighted by Crippen LogP contribution is -2.56. The van der Waals surface area contributed by atoms with E-state index in [-0.39, 0.29) is 24.0 Å². The molecule has 0 bridgehead atoms. The molecule has 0 spiro atoms. The van der Waals surface area contributed by atoms with E-state index in [1.807, 2.05) is 4.90 Å². The van der Waals surface area contributed by atoms with Crippen LogP contribution < -0.4 is 10.2 Å². The molecule has 24 heavy (non-hydrogen) atoms. The molecule has 1 saturated carbocycles. The van der Waals surface area contributed by atoms with Gasteiger partial charge in [0.15, 0.2) is 11.6 Å². The topological polar surface area (TPSA) is 57.7 Å². The Hall–Kier alpha value is -1.89. The number of ether oxygens (including phenoxy) is 1. The van der Waals surface area contributed by atoms with E-state index in [0.29, 0.717) is 32.0 Å². The number of hydrogen-bond donors (Lipinski definition) is 1. The Morgan fingerprint density at radius 1 is 1.29 bits per heavy atom. The van der Waals surface area contributed by atoms with Crippen LogP contribution in [0.15, 0.2) is 18.3 Å². The highest BCUT2D eigenvalue weighted by Gasteiger charge is 2.29. The van der Waals surface area contributed by atoms with E-state index in [1.54, 1.807) is 24.3 Å². The van der Waals surface area contributed by atoms with Gasteiger partial charge >= 0.3 is 6.03 Å². The SMILES string of the molecule is CO[C@@H]1CCCC[C@@H]1NC(=O)N1CCN(c2ncccc2F)CC1. The second-order valence-corrected chi connectivity index (χ2v) is 6.40. The van der Waals surface area contributed by atoms with Crippen molar-refractivity contribution in [1.82, 2.24) is 15.2 Å². The number of methoxy groups -OCH3 is 1. The lowest BCUT2D eigenvalue weighted by atomic mass is 9.92. The highest BCUT2D eigenvalue weighted by Crippen LogP contribution is 2.21. The molecule has 0 unspecified atom stereocenters. The maximum Gasteiger partial charge on any atom is 0.317 e. The smallest absolute Gasteiger partial charge is 0.317 e. The zero-order valence-electron chi connectivity index (χ0n) is 14.1. The number of carbonyl (C=O) groups excluding carboxylic acids is 1. The summed E-state index contributed by atoms with van der Waals surface area (Å²) in [5.74, 6) is 0.0461. The standard InChI is InChI=1S/C17H25FN4O2/c1-24-15-7-3-2-6-14(15)20-17(23)22-11-9-21(10-12-22)16-13(18)5-4-8-19-16/h4-5,8,14-15H,2-3,6-7,9-12H2,1H3,(H,20,23)/t14-,15+/m0/s1. The van der Waals surface area contributed by atoms with Gasteiger partial charge in [0.25, 0.3) is 0 Å². The third-order valence-electron chi connectivity index (χ3n) is 4.92. The molecule has 2 atom stereocenters. The summed E-state index contributed by atoms with van der Waals surface area (Å²) in [6.07, 6.45) is 5.92. The molecule has 132 valence electrons. The van der Waals surface area contributed by atoms with Crippen molar-refractivity contribution >= 4 is 11.8 Å². The fourth-order valence-electron chi connectivity index (χ4n) is 3.53. The van der Waals surface area contributed by atoms with E-state index in [9.17, 15) is 9.18 Å². The molecule has 3 rings (SSSR count). The predicted octanol–water partition coefficient (Wildman–Crippen LogP) is 2.01. The molecule has 1 N–H and O–H groups in total. The van der Waals surface area contributed by atoms with Crippen LogP contribution in [-0.4, -0.2) is 61.3 Å². The minimum absolute atomic E-state index is 0.0508. The molecule has 7 heteroatoms. The maximum absolute atomic E-state index is 13.8. The number of hydrogen-bond acceptors (Lipinski definition) is 4. The van der Waals surface area contributed by atoms with Crippen LogP contribution in [0.2, 0.25) is 0 Å². The van der Waals surface area contributed by atoms with Gasteiger partial charge in [0.1, 0.15) is 0 Å². The van der Waals surface area contributed by atoms with Crippen molar-refractivity contribution in [3.8, 4) is 0 Å². The second kappa shape index (κ2) is 7.79. The molecule has 2 amide bonds. The lowest BCUT2D eigenvalue weighted by Gasteiger charge is -2.37. The van der Waals surface area contributed by atoms with Crippen LogP contribution in [0.4, 0.5) is 15.0 Å². The molecule has 2 fully saturated rings. The monoisotopic (exact) mass is 336 g/mol. The number of urea groups is 1. The number of anilines is 1. The molecule has 6 nitrogen and oxygen atoms in total. The average Bonchev–Trinajstić information content (AvgIpc) is 2.63. The summed E-state index contributed by atoms with van der Waals surface area (Å²) in [4.78, 5) is 20.3. The minimum Gasteiger partial charge on any atom is -0.379 e. The van der Waals surface area contributed by atoms with E-state index in [1.165, 1.54) is 6.07 Å². The Morgan fingerprint density at radius 2 is 2.04 bits per heavy atom. The predicted molar refractivity (Wildman–Crippen MR) is 89.6 cm³/mol. The maximum atomic E-state index is 13.8. The van der Waals surface area contributed by atoms with Crippen LogP contribution in [-0.2, 0) is 4.74 Å². The molecular weight excluding hydrogens is 311 g/mol. The van der Waals surface area contributed by atoms with Crippen molar-refractivity contribution in [2.45, 2.75) is 37.8 Å². The van der Waals surface area contributed by atoms with Crippen molar-refractivity contribution in [1.29, 1.82) is 0 Å². The number of rotatable bonds is 3. The Bertz CT molecular complexity index is 563. The molecule has 0 radical (unpaired) electrons. The number of piperazine rings is 1. The van der Waals surface area contributed by atoms with Gasteiger partial charge in [0.2, 0.25) is 0 Å². The van der Waals surface area contributed by atoms with Crippen LogP contribution in [0.1, 0.15) is 25.7 Å². The van der Waals surface area contributed by atoms with Gasteiger partial charge in [0, 0.05) is 39.5 Å². The summed E-state index contributed by atoms with van der Waals surface area (Å²) >= 11 is 0. The van der Waals surface area contributed by atoms with Crippen molar-refractivity contribution < 1.29 is 13.9 Å². The number of halogens is 1. The van der Waals surface area contributed by atoms with E-state index in [4.69, 9.17) is 4.74 Å². The number of nitrogens with one attached hydrogen (secondary N) is 1. The largest absolute Gasteiger partial charge is 0.379 e. The fourth-order valence-corrected chi connectivity index (χ4v) is 3.53. The third-order valence-corrected chi connectivity index (χ3v) is 4.92. The van der Waals surface area contributed by atoms with Crippen LogP contribution in [0.3, 0.4) is 0 Å². The molecular formula is C17H25FN4O2. The summed E-state index contributed by atoms with van der Waals surface area (Å²) in [7, 11) is 1.70. The third kappa shape index (κ3) is 3.77. The zero-order chi connectivity index (χ0) is 16.9. The van der Waals surface area contributed by atoms with Crippen LogP contribution >= 0.6 is 0 Å². The number of pyridine rings is 1. The van der Waals surface area contributed by atoms with Gasteiger partial charge in [-0.3, -0.25) is 0 Å². The summed E-state index contributed by atoms with van der Waals surface area (Å²) in [5, 5.41) is 3.11. The van der Waals surface area contributed by atoms with Crippen molar-refractivity contribution in [3.05, 3.63) is 24.1 Å². The molecule has 1 saturated heterocycles. The quantitative estimate of drug-likeness (QED) is 0.917. The van der Waals surface area contributed by atoms with Gasteiger partial charge in [-0.2, -0.15) is 0 Å². The molecule has 1 aliphatic carbocycles. The molecule has 2 aliphatic rings. The Balaban J connectivity index is 1.52. The average molecular weight is 336 g/mol. The van der Waals surface area contributed by atoms with E-state index in [0.717, 1.165) is 25.7 Å². The summed E-state index contributed by atoms with van der Waals surface area (Å²) in [6.45, 7) is 2.29. The molecule has 1 aliphatic heterocycles. The molecule has 1 aromatic rings. The van der Waals surface area contributed by atoms with Crippen LogP contribution in [0.5, 0.6) is 0 Å². The van der Waals surface area contributed by atoms with Crippen molar-refractivity contribution in [2.24, 2.45) is 0 Å². The van der Waals surface area contributed by atoms with E-state index in [2.05, 4.69) is 10.3 Å². The first-order chi connectivity index (χ1) is 11.7. The number of aromatic nitrogens is 1. The van der Waals surface area contributed by atoms with Gasteiger partial charge in [-0.05, 0) is 25.0 Å². The fraction of sp³-hybridized carbons (Fsp3) is 0.647. The van der Waals surface area contributed by atoms with Gasteiger partial charge in [-0.15, -0.1) is 0 Å². The molecule has 2 heterocycles. The summed E-state index contributed by atoms with van der Waals surface area (Å²) in [5.41, 5.74) is 0. The number of carbonyl (C=O) groups is 1. The first-order valence-electron chi connectivity index (χ1n) is 8.62. The van der Waals surface area contributed by atoms with E-state index < -0.39 is 0 Å². The normalized spacial score (nSPS) is 24.8. The van der Waals surface area contributed by atoms with E-state index >= 15 is 0 Å². The molecule has 1 aromatic heterocycles. The summed E-state index contributed by atoms with van der Waals surface area (Å²) in [6, 6.07) is 3.03. The summed E-state index contributed by atoms with van der Waals surface area (Å²) < 4.78 is 19.3. The Kier molecular flexibility index (Phi) is 5.50. The first-order valence-corrected chi connectivity index (χ1v) is 8.62. The van der Waals surface area contributed by atoms with Gasteiger partial charge in [-0.1, -0.05) is 12.8 Å². The van der Waals surface area contributed by atoms with Crippen LogP contribution in [0, 0.1) is 5.82 Å². The first kappa shape index (κ1) is 17.0. The number of amides is 2. The highest BCUT2D eigenvalue weighted by molar-refractivity contribution is 5.75. The highest BCUT2D eigenvalue weighted by atomic mass is 19.1. The van der Waals surface area contributed by atoms with Gasteiger partial charge in [0.05, 0.1) is 12.1 Å². The van der Waals surface area contributed by atoms with Gasteiger partial charge < -0.3 is 19.9 Å². The van der Waals surface area contributed by atoms with Gasteiger partial charge in [-0.25, -0.2) is 14.2 Å². The van der Waals surface area contributed by atoms with Crippen molar-refractivity contribution in [3.63, 3.8) is 0 Å².